The van der Waals surface area contributed by atoms with Crippen molar-refractivity contribution in [2.45, 2.75) is 13.0 Å². The molecule has 0 bridgehead atoms. The molecule has 7 heteroatoms. The van der Waals surface area contributed by atoms with Gasteiger partial charge in [0.05, 0.1) is 17.6 Å². The molecule has 0 aromatic carbocycles. The van der Waals surface area contributed by atoms with Crippen molar-refractivity contribution in [2.24, 2.45) is 5.73 Å². The number of pyridine rings is 1. The van der Waals surface area contributed by atoms with Gasteiger partial charge in [-0.3, -0.25) is 4.79 Å². The zero-order chi connectivity index (χ0) is 12.0. The monoisotopic (exact) mass is 279 g/mol. The third kappa shape index (κ3) is 6.31. The van der Waals surface area contributed by atoms with Crippen LogP contribution in [0.2, 0.25) is 5.02 Å². The molecule has 1 unspecified atom stereocenters. The molecule has 96 valence electrons. The van der Waals surface area contributed by atoms with E-state index in [1.54, 1.807) is 19.1 Å². The number of amides is 1. The van der Waals surface area contributed by atoms with Gasteiger partial charge in [-0.2, -0.15) is 0 Å². The van der Waals surface area contributed by atoms with Gasteiger partial charge in [0.2, 0.25) is 11.8 Å². The zero-order valence-electron chi connectivity index (χ0n) is 9.35. The molecule has 0 saturated heterocycles. The van der Waals surface area contributed by atoms with Crippen molar-refractivity contribution in [3.8, 4) is 5.88 Å². The number of hydrogen-bond donors (Lipinski definition) is 2. The molecular formula is C10H15Cl2N3O2. The standard InChI is InChI=1S/C10H14ClN3O2.ClH/c1-7(12)10(15)13-4-5-16-9-3-2-8(11)6-14-9;/h2-3,6-7H,4-5,12H2,1H3,(H,13,15);1H. The van der Waals surface area contributed by atoms with Crippen molar-refractivity contribution in [1.29, 1.82) is 0 Å². The van der Waals surface area contributed by atoms with Crippen LogP contribution >= 0.6 is 24.0 Å². The number of nitrogens with two attached hydrogens (primary N) is 1. The van der Waals surface area contributed by atoms with Crippen LogP contribution in [0.15, 0.2) is 18.3 Å². The van der Waals surface area contributed by atoms with Crippen LogP contribution in [0.3, 0.4) is 0 Å². The Morgan fingerprint density at radius 1 is 1.65 bits per heavy atom. The first-order valence-electron chi connectivity index (χ1n) is 4.87. The second-order valence-corrected chi connectivity index (χ2v) is 3.68. The molecule has 0 radical (unpaired) electrons. The van der Waals surface area contributed by atoms with E-state index in [1.165, 1.54) is 6.20 Å². The fourth-order valence-electron chi connectivity index (χ4n) is 0.938. The third-order valence-electron chi connectivity index (χ3n) is 1.77. The maximum Gasteiger partial charge on any atom is 0.236 e. The summed E-state index contributed by atoms with van der Waals surface area (Å²) in [6, 6.07) is 2.84. The van der Waals surface area contributed by atoms with E-state index in [0.29, 0.717) is 24.1 Å². The van der Waals surface area contributed by atoms with Gasteiger partial charge in [0.25, 0.3) is 0 Å². The zero-order valence-corrected chi connectivity index (χ0v) is 10.9. The van der Waals surface area contributed by atoms with E-state index in [-0.39, 0.29) is 18.3 Å². The Morgan fingerprint density at radius 2 is 2.35 bits per heavy atom. The van der Waals surface area contributed by atoms with Crippen LogP contribution in [-0.4, -0.2) is 30.1 Å². The molecule has 0 spiro atoms. The fraction of sp³-hybridized carbons (Fsp3) is 0.400. The van der Waals surface area contributed by atoms with Crippen LogP contribution in [0.5, 0.6) is 5.88 Å². The van der Waals surface area contributed by atoms with Crippen molar-refractivity contribution in [1.82, 2.24) is 10.3 Å². The van der Waals surface area contributed by atoms with Gasteiger partial charge in [0.15, 0.2) is 0 Å². The summed E-state index contributed by atoms with van der Waals surface area (Å²) < 4.78 is 5.27. The molecule has 1 heterocycles. The van der Waals surface area contributed by atoms with E-state index in [2.05, 4.69) is 10.3 Å². The quantitative estimate of drug-likeness (QED) is 0.789. The van der Waals surface area contributed by atoms with Crippen LogP contribution in [0.1, 0.15) is 6.92 Å². The minimum absolute atomic E-state index is 0. The smallest absolute Gasteiger partial charge is 0.236 e. The number of halogens is 2. The van der Waals surface area contributed by atoms with Gasteiger partial charge >= 0.3 is 0 Å². The molecule has 3 N–H and O–H groups in total. The fourth-order valence-corrected chi connectivity index (χ4v) is 1.05. The summed E-state index contributed by atoms with van der Waals surface area (Å²) in [5.74, 6) is 0.270. The van der Waals surface area contributed by atoms with Crippen molar-refractivity contribution < 1.29 is 9.53 Å². The Labute approximate surface area is 111 Å². The largest absolute Gasteiger partial charge is 0.476 e. The van der Waals surface area contributed by atoms with Crippen molar-refractivity contribution in [3.05, 3.63) is 23.4 Å². The molecule has 1 amide bonds. The van der Waals surface area contributed by atoms with Crippen molar-refractivity contribution in [3.63, 3.8) is 0 Å². The van der Waals surface area contributed by atoms with Gasteiger partial charge in [0.1, 0.15) is 6.61 Å². The number of nitrogens with zero attached hydrogens (tertiary/aromatic N) is 1. The molecule has 17 heavy (non-hydrogen) atoms. The minimum Gasteiger partial charge on any atom is -0.476 e. The lowest BCUT2D eigenvalue weighted by Gasteiger charge is -2.08. The van der Waals surface area contributed by atoms with Gasteiger partial charge in [-0.15, -0.1) is 12.4 Å². The molecule has 0 saturated carbocycles. The second kappa shape index (κ2) is 8.11. The van der Waals surface area contributed by atoms with Crippen LogP contribution in [0.25, 0.3) is 0 Å². The summed E-state index contributed by atoms with van der Waals surface area (Å²) in [7, 11) is 0. The highest BCUT2D eigenvalue weighted by Crippen LogP contribution is 2.10. The predicted molar refractivity (Wildman–Crippen MR) is 68.6 cm³/mol. The number of aromatic nitrogens is 1. The van der Waals surface area contributed by atoms with E-state index in [0.717, 1.165) is 0 Å². The first-order valence-corrected chi connectivity index (χ1v) is 5.25. The van der Waals surface area contributed by atoms with Crippen LogP contribution in [0, 0.1) is 0 Å². The summed E-state index contributed by atoms with van der Waals surface area (Å²) in [6.07, 6.45) is 1.50. The van der Waals surface area contributed by atoms with Gasteiger partial charge < -0.3 is 15.8 Å². The van der Waals surface area contributed by atoms with Crippen LogP contribution < -0.4 is 15.8 Å². The lowest BCUT2D eigenvalue weighted by Crippen LogP contribution is -2.40. The Bertz CT molecular complexity index is 344. The molecule has 1 aromatic rings. The highest BCUT2D eigenvalue weighted by molar-refractivity contribution is 6.30. The summed E-state index contributed by atoms with van der Waals surface area (Å²) in [6.45, 7) is 2.36. The first kappa shape index (κ1) is 16.0. The average molecular weight is 280 g/mol. The van der Waals surface area contributed by atoms with Crippen molar-refractivity contribution >= 4 is 29.9 Å². The average Bonchev–Trinajstić information content (AvgIpc) is 2.26. The number of hydrogen-bond acceptors (Lipinski definition) is 4. The summed E-state index contributed by atoms with van der Waals surface area (Å²) >= 11 is 5.66. The van der Waals surface area contributed by atoms with Crippen LogP contribution in [-0.2, 0) is 4.79 Å². The normalized spacial score (nSPS) is 11.2. The van der Waals surface area contributed by atoms with Gasteiger partial charge in [0, 0.05) is 12.3 Å². The van der Waals surface area contributed by atoms with E-state index in [9.17, 15) is 4.79 Å². The van der Waals surface area contributed by atoms with Crippen molar-refractivity contribution in [2.75, 3.05) is 13.2 Å². The maximum atomic E-state index is 11.1. The SMILES string of the molecule is CC(N)C(=O)NCCOc1ccc(Cl)cn1.Cl. The topological polar surface area (TPSA) is 77.2 Å². The lowest BCUT2D eigenvalue weighted by molar-refractivity contribution is -0.122. The highest BCUT2D eigenvalue weighted by atomic mass is 35.5. The number of carbonyl (C=O) groups excluding carboxylic acids is 1. The lowest BCUT2D eigenvalue weighted by atomic mass is 10.3. The molecule has 0 aliphatic heterocycles. The number of rotatable bonds is 5. The Kier molecular flexibility index (Phi) is 7.61. The number of carbonyl (C=O) groups is 1. The van der Waals surface area contributed by atoms with E-state index in [1.807, 2.05) is 0 Å². The molecule has 0 aliphatic rings. The number of nitrogens with one attached hydrogen (secondary N) is 1. The van der Waals surface area contributed by atoms with E-state index < -0.39 is 6.04 Å². The highest BCUT2D eigenvalue weighted by Gasteiger charge is 2.05. The number of ether oxygens (including phenoxy) is 1. The van der Waals surface area contributed by atoms with E-state index in [4.69, 9.17) is 22.1 Å². The summed E-state index contributed by atoms with van der Waals surface area (Å²) in [5.41, 5.74) is 5.37. The molecule has 5 nitrogen and oxygen atoms in total. The summed E-state index contributed by atoms with van der Waals surface area (Å²) in [4.78, 5) is 15.0. The molecular weight excluding hydrogens is 265 g/mol. The van der Waals surface area contributed by atoms with Gasteiger partial charge in [-0.1, -0.05) is 11.6 Å². The predicted octanol–water partition coefficient (Wildman–Crippen LogP) is 0.999. The molecule has 0 fully saturated rings. The Morgan fingerprint density at radius 3 is 2.88 bits per heavy atom. The molecule has 1 aromatic heterocycles. The van der Waals surface area contributed by atoms with E-state index >= 15 is 0 Å². The Hall–Kier alpha value is -1.04. The second-order valence-electron chi connectivity index (χ2n) is 3.24. The summed E-state index contributed by atoms with van der Waals surface area (Å²) in [5, 5.41) is 3.17. The Balaban J connectivity index is 0.00000256. The first-order chi connectivity index (χ1) is 7.59. The van der Waals surface area contributed by atoms with Gasteiger partial charge in [-0.05, 0) is 13.0 Å². The minimum atomic E-state index is -0.506. The third-order valence-corrected chi connectivity index (χ3v) is 1.99. The maximum absolute atomic E-state index is 11.1. The molecule has 1 rings (SSSR count). The molecule has 0 aliphatic carbocycles. The van der Waals surface area contributed by atoms with Crippen LogP contribution in [0.4, 0.5) is 0 Å². The van der Waals surface area contributed by atoms with Gasteiger partial charge in [-0.25, -0.2) is 4.98 Å². The molecule has 1 atom stereocenters.